The topological polar surface area (TPSA) is 122 Å². The van der Waals surface area contributed by atoms with Crippen LogP contribution in [0.25, 0.3) is 0 Å². The number of esters is 1. The van der Waals surface area contributed by atoms with Crippen molar-refractivity contribution in [1.82, 2.24) is 0 Å². The number of nitrogens with zero attached hydrogens (tertiary/aromatic N) is 3. The van der Waals surface area contributed by atoms with Gasteiger partial charge in [-0.1, -0.05) is 0 Å². The van der Waals surface area contributed by atoms with Gasteiger partial charge in [0.15, 0.2) is 0 Å². The maximum atomic E-state index is 13.6. The minimum atomic E-state index is -0.792. The van der Waals surface area contributed by atoms with E-state index >= 15 is 0 Å². The first-order chi connectivity index (χ1) is 17.4. The highest BCUT2D eigenvalue weighted by atomic mass is 16.5. The van der Waals surface area contributed by atoms with Gasteiger partial charge in [0.2, 0.25) is 0 Å². The molecular formula is C26H28N4O6. The molecule has 0 radical (unpaired) electrons. The van der Waals surface area contributed by atoms with Crippen LogP contribution in [0.5, 0.6) is 5.75 Å². The van der Waals surface area contributed by atoms with E-state index in [1.807, 2.05) is 0 Å². The lowest BCUT2D eigenvalue weighted by atomic mass is 9.88. The molecule has 188 valence electrons. The van der Waals surface area contributed by atoms with E-state index < -0.39 is 17.8 Å². The lowest BCUT2D eigenvalue weighted by Crippen LogP contribution is -2.50. The first kappa shape index (κ1) is 25.1. The van der Waals surface area contributed by atoms with Crippen molar-refractivity contribution in [2.24, 2.45) is 10.9 Å². The Bertz CT molecular complexity index is 1180. The fourth-order valence-electron chi connectivity index (χ4n) is 4.19. The van der Waals surface area contributed by atoms with Crippen molar-refractivity contribution in [3.05, 3.63) is 48.5 Å². The molecule has 0 aromatic heterocycles. The van der Waals surface area contributed by atoms with E-state index in [1.54, 1.807) is 72.4 Å². The molecule has 36 heavy (non-hydrogen) atoms. The molecule has 4 rings (SSSR count). The summed E-state index contributed by atoms with van der Waals surface area (Å²) in [6.45, 7) is 3.08. The Morgan fingerprint density at radius 2 is 1.72 bits per heavy atom. The number of amides is 2. The molecule has 10 heteroatoms. The van der Waals surface area contributed by atoms with Gasteiger partial charge in [-0.3, -0.25) is 15.0 Å². The summed E-state index contributed by atoms with van der Waals surface area (Å²) in [5.41, 5.74) is 1.66. The predicted molar refractivity (Wildman–Crippen MR) is 135 cm³/mol. The van der Waals surface area contributed by atoms with Crippen LogP contribution in [0.15, 0.2) is 53.5 Å². The Morgan fingerprint density at radius 1 is 1.06 bits per heavy atom. The zero-order chi connectivity index (χ0) is 25.7. The largest absolute Gasteiger partial charge is 0.497 e. The Morgan fingerprint density at radius 3 is 2.33 bits per heavy atom. The number of hydrogen-bond donors (Lipinski definition) is 1. The molecular weight excluding hydrogens is 464 g/mol. The van der Waals surface area contributed by atoms with Gasteiger partial charge in [-0.2, -0.15) is 0 Å². The third-order valence-electron chi connectivity index (χ3n) is 6.06. The minimum absolute atomic E-state index is 0.0470. The van der Waals surface area contributed by atoms with Gasteiger partial charge in [-0.15, -0.1) is 0 Å². The van der Waals surface area contributed by atoms with E-state index in [9.17, 15) is 14.4 Å². The number of hydrogen-bond acceptors (Lipinski definition) is 8. The van der Waals surface area contributed by atoms with Gasteiger partial charge in [-0.05, 0) is 61.9 Å². The van der Waals surface area contributed by atoms with Gasteiger partial charge in [0, 0.05) is 24.5 Å². The smallest absolute Gasteiger partial charge is 0.352 e. The van der Waals surface area contributed by atoms with Crippen LogP contribution in [-0.2, 0) is 23.9 Å². The van der Waals surface area contributed by atoms with Gasteiger partial charge in [0.05, 0.1) is 31.9 Å². The number of aliphatic imine (C=N–C) groups is 1. The molecule has 2 aromatic carbocycles. The standard InChI is InChI=1S/C26H28N4O6/c1-3-36-26(33)23(27)21-12-13-30(25(32)24(21)28-17-4-10-20(34-2)11-5-17)19-8-6-18(7-9-19)29-14-15-35-16-22(29)31/h4-11,21,27H,3,12-16H2,1-2H3. The van der Waals surface area contributed by atoms with Gasteiger partial charge in [0.25, 0.3) is 11.8 Å². The van der Waals surface area contributed by atoms with Gasteiger partial charge < -0.3 is 24.0 Å². The Kier molecular flexibility index (Phi) is 7.74. The number of morpholine rings is 1. The zero-order valence-corrected chi connectivity index (χ0v) is 20.2. The predicted octanol–water partition coefficient (Wildman–Crippen LogP) is 2.77. The SMILES string of the molecule is CCOC(=O)C(=N)C1CCN(c2ccc(N3CCOCC3=O)cc2)C(=O)C1=Nc1ccc(OC)cc1. The summed E-state index contributed by atoms with van der Waals surface area (Å²) >= 11 is 0. The van der Waals surface area contributed by atoms with Crippen molar-refractivity contribution < 1.29 is 28.6 Å². The summed E-state index contributed by atoms with van der Waals surface area (Å²) in [6, 6.07) is 14.0. The molecule has 2 aliphatic heterocycles. The molecule has 1 unspecified atom stereocenters. The average molecular weight is 493 g/mol. The summed E-state index contributed by atoms with van der Waals surface area (Å²) in [5.74, 6) is -1.42. The molecule has 0 spiro atoms. The van der Waals surface area contributed by atoms with Crippen molar-refractivity contribution in [3.8, 4) is 5.75 Å². The summed E-state index contributed by atoms with van der Waals surface area (Å²) in [5, 5.41) is 8.38. The van der Waals surface area contributed by atoms with Crippen LogP contribution in [0.2, 0.25) is 0 Å². The molecule has 2 aliphatic rings. The summed E-state index contributed by atoms with van der Waals surface area (Å²) in [7, 11) is 1.56. The fraction of sp³-hybridized carbons (Fsp3) is 0.346. The summed E-state index contributed by atoms with van der Waals surface area (Å²) < 4.78 is 15.4. The minimum Gasteiger partial charge on any atom is -0.497 e. The molecule has 2 aromatic rings. The molecule has 2 saturated heterocycles. The van der Waals surface area contributed by atoms with E-state index in [1.165, 1.54) is 0 Å². The Balaban J connectivity index is 1.63. The van der Waals surface area contributed by atoms with Crippen LogP contribution in [0.1, 0.15) is 13.3 Å². The first-order valence-electron chi connectivity index (χ1n) is 11.7. The molecule has 2 amide bonds. The van der Waals surface area contributed by atoms with Gasteiger partial charge in [-0.25, -0.2) is 9.79 Å². The second-order valence-electron chi connectivity index (χ2n) is 8.24. The Labute approximate surface area is 209 Å². The lowest BCUT2D eigenvalue weighted by Gasteiger charge is -2.33. The second kappa shape index (κ2) is 11.1. The van der Waals surface area contributed by atoms with Crippen LogP contribution in [0.4, 0.5) is 17.1 Å². The lowest BCUT2D eigenvalue weighted by molar-refractivity contribution is -0.135. The molecule has 0 bridgehead atoms. The number of piperidine rings is 1. The average Bonchev–Trinajstić information content (AvgIpc) is 2.90. The van der Waals surface area contributed by atoms with Crippen molar-refractivity contribution in [2.75, 3.05) is 49.8 Å². The summed E-state index contributed by atoms with van der Waals surface area (Å²) in [4.78, 5) is 45.9. The third-order valence-corrected chi connectivity index (χ3v) is 6.06. The number of rotatable bonds is 7. The first-order valence-corrected chi connectivity index (χ1v) is 11.7. The highest BCUT2D eigenvalue weighted by Gasteiger charge is 2.38. The second-order valence-corrected chi connectivity index (χ2v) is 8.24. The zero-order valence-electron chi connectivity index (χ0n) is 20.2. The molecule has 1 N–H and O–H groups in total. The van der Waals surface area contributed by atoms with E-state index in [0.717, 1.165) is 5.69 Å². The molecule has 1 atom stereocenters. The molecule has 2 heterocycles. The van der Waals surface area contributed by atoms with E-state index in [-0.39, 0.29) is 30.5 Å². The monoisotopic (exact) mass is 492 g/mol. The number of nitrogens with one attached hydrogen (secondary N) is 1. The number of benzene rings is 2. The van der Waals surface area contributed by atoms with Crippen molar-refractivity contribution in [3.63, 3.8) is 0 Å². The number of ether oxygens (including phenoxy) is 3. The normalized spacial score (nSPS) is 19.4. The number of anilines is 2. The number of carbonyl (C=O) groups excluding carboxylic acids is 3. The highest BCUT2D eigenvalue weighted by Crippen LogP contribution is 2.29. The number of carbonyl (C=O) groups is 3. The molecule has 2 fully saturated rings. The highest BCUT2D eigenvalue weighted by molar-refractivity contribution is 6.53. The Hall–Kier alpha value is -4.05. The van der Waals surface area contributed by atoms with Gasteiger partial charge in [0.1, 0.15) is 23.8 Å². The molecule has 0 saturated carbocycles. The van der Waals surface area contributed by atoms with Crippen LogP contribution in [-0.4, -0.2) is 69.2 Å². The fourth-order valence-corrected chi connectivity index (χ4v) is 4.19. The maximum absolute atomic E-state index is 13.6. The quantitative estimate of drug-likeness (QED) is 0.469. The van der Waals surface area contributed by atoms with Crippen LogP contribution in [0, 0.1) is 11.3 Å². The van der Waals surface area contributed by atoms with Crippen LogP contribution in [0.3, 0.4) is 0 Å². The van der Waals surface area contributed by atoms with E-state index in [4.69, 9.17) is 19.6 Å². The van der Waals surface area contributed by atoms with E-state index in [2.05, 4.69) is 4.99 Å². The summed E-state index contributed by atoms with van der Waals surface area (Å²) in [6.07, 6.45) is 0.335. The van der Waals surface area contributed by atoms with Crippen LogP contribution >= 0.6 is 0 Å². The van der Waals surface area contributed by atoms with Gasteiger partial charge >= 0.3 is 5.97 Å². The molecule has 10 nitrogen and oxygen atoms in total. The van der Waals surface area contributed by atoms with Crippen molar-refractivity contribution >= 4 is 46.3 Å². The maximum Gasteiger partial charge on any atom is 0.352 e. The number of methoxy groups -OCH3 is 1. The third kappa shape index (κ3) is 5.28. The molecule has 0 aliphatic carbocycles. The van der Waals surface area contributed by atoms with Crippen LogP contribution < -0.4 is 14.5 Å². The van der Waals surface area contributed by atoms with E-state index in [0.29, 0.717) is 43.2 Å². The van der Waals surface area contributed by atoms with Crippen molar-refractivity contribution in [2.45, 2.75) is 13.3 Å². The van der Waals surface area contributed by atoms with Crippen molar-refractivity contribution in [1.29, 1.82) is 5.41 Å².